The number of anilines is 1. The van der Waals surface area contributed by atoms with E-state index in [-0.39, 0.29) is 6.29 Å². The van der Waals surface area contributed by atoms with Crippen molar-refractivity contribution in [3.05, 3.63) is 29.8 Å². The molecule has 0 aliphatic rings. The highest BCUT2D eigenvalue weighted by atomic mass is 16.2. The van der Waals surface area contributed by atoms with Gasteiger partial charge in [-0.15, -0.1) is 0 Å². The quantitative estimate of drug-likeness (QED) is 0.529. The molecule has 0 bridgehead atoms. The van der Waals surface area contributed by atoms with Gasteiger partial charge in [0, 0.05) is 5.69 Å². The normalized spacial score (nSPS) is 8.54. The van der Waals surface area contributed by atoms with Crippen LogP contribution in [0.2, 0.25) is 0 Å². The van der Waals surface area contributed by atoms with Crippen molar-refractivity contribution in [2.75, 3.05) is 5.32 Å². The maximum atomic E-state index is 10.6. The minimum atomic E-state index is -0.727. The van der Waals surface area contributed by atoms with Crippen molar-refractivity contribution < 1.29 is 9.59 Å². The molecule has 0 aliphatic heterocycles. The van der Waals surface area contributed by atoms with Crippen molar-refractivity contribution in [3.63, 3.8) is 0 Å². The Balaban J connectivity index is 2.85. The molecule has 0 fully saturated rings. The second-order valence-electron chi connectivity index (χ2n) is 2.30. The van der Waals surface area contributed by atoms with Gasteiger partial charge in [-0.2, -0.15) is 5.26 Å². The van der Waals surface area contributed by atoms with E-state index in [0.29, 0.717) is 11.3 Å². The summed E-state index contributed by atoms with van der Waals surface area (Å²) in [5.74, 6) is -0.727. The Kier molecular flexibility index (Phi) is 2.77. The van der Waals surface area contributed by atoms with Gasteiger partial charge in [-0.05, 0) is 18.2 Å². The molecule has 1 aromatic rings. The fraction of sp³-hybridized carbons (Fsp3) is 0. The highest BCUT2D eigenvalue weighted by Gasteiger charge is 1.99. The van der Waals surface area contributed by atoms with Gasteiger partial charge in [0.2, 0.25) is 6.29 Å². The molecule has 0 heterocycles. The molecule has 0 aliphatic carbocycles. The summed E-state index contributed by atoms with van der Waals surface area (Å²) < 4.78 is 0. The van der Waals surface area contributed by atoms with E-state index in [0.717, 1.165) is 0 Å². The molecule has 1 N–H and O–H groups in total. The summed E-state index contributed by atoms with van der Waals surface area (Å²) in [5.41, 5.74) is 0.875. The number of nitriles is 1. The van der Waals surface area contributed by atoms with Crippen LogP contribution >= 0.6 is 0 Å². The van der Waals surface area contributed by atoms with Crippen molar-refractivity contribution in [2.45, 2.75) is 0 Å². The minimum Gasteiger partial charge on any atom is -0.320 e. The van der Waals surface area contributed by atoms with Gasteiger partial charge in [-0.3, -0.25) is 9.59 Å². The third-order valence-electron chi connectivity index (χ3n) is 1.37. The van der Waals surface area contributed by atoms with Crippen LogP contribution in [0.15, 0.2) is 24.3 Å². The number of hydrogen-bond donors (Lipinski definition) is 1. The van der Waals surface area contributed by atoms with E-state index < -0.39 is 5.91 Å². The van der Waals surface area contributed by atoms with Gasteiger partial charge in [-0.25, -0.2) is 0 Å². The average molecular weight is 174 g/mol. The van der Waals surface area contributed by atoms with Crippen LogP contribution in [0.25, 0.3) is 0 Å². The summed E-state index contributed by atoms with van der Waals surface area (Å²) in [7, 11) is 0. The molecular weight excluding hydrogens is 168 g/mol. The minimum absolute atomic E-state index is 0.180. The lowest BCUT2D eigenvalue weighted by Gasteiger charge is -1.99. The Morgan fingerprint density at radius 1 is 1.54 bits per heavy atom. The largest absolute Gasteiger partial charge is 0.320 e. The molecule has 1 aromatic carbocycles. The van der Waals surface area contributed by atoms with E-state index >= 15 is 0 Å². The highest BCUT2D eigenvalue weighted by Crippen LogP contribution is 2.08. The average Bonchev–Trinajstić information content (AvgIpc) is 2.18. The number of carbonyl (C=O) groups is 2. The molecule has 0 unspecified atom stereocenters. The molecule has 0 aromatic heterocycles. The van der Waals surface area contributed by atoms with Gasteiger partial charge >= 0.3 is 0 Å². The second kappa shape index (κ2) is 4.02. The van der Waals surface area contributed by atoms with Gasteiger partial charge in [0.05, 0.1) is 11.6 Å². The van der Waals surface area contributed by atoms with Crippen LogP contribution in [0.5, 0.6) is 0 Å². The first-order chi connectivity index (χ1) is 6.26. The third kappa shape index (κ3) is 2.42. The van der Waals surface area contributed by atoms with Crippen LogP contribution in [-0.4, -0.2) is 12.2 Å². The monoisotopic (exact) mass is 174 g/mol. The first kappa shape index (κ1) is 8.94. The van der Waals surface area contributed by atoms with Crippen molar-refractivity contribution in [1.29, 1.82) is 5.26 Å². The summed E-state index contributed by atoms with van der Waals surface area (Å²) in [6, 6.07) is 8.24. The number of nitrogens with one attached hydrogen (secondary N) is 1. The summed E-state index contributed by atoms with van der Waals surface area (Å²) in [6.45, 7) is 0. The Labute approximate surface area is 74.8 Å². The van der Waals surface area contributed by atoms with Crippen LogP contribution in [0, 0.1) is 11.3 Å². The maximum Gasteiger partial charge on any atom is 0.288 e. The molecule has 4 nitrogen and oxygen atoms in total. The number of hydrogen-bond acceptors (Lipinski definition) is 3. The molecule has 0 atom stereocenters. The maximum absolute atomic E-state index is 10.6. The van der Waals surface area contributed by atoms with Crippen molar-refractivity contribution in [2.24, 2.45) is 0 Å². The first-order valence-corrected chi connectivity index (χ1v) is 3.52. The fourth-order valence-corrected chi connectivity index (χ4v) is 0.838. The summed E-state index contributed by atoms with van der Waals surface area (Å²) in [6.07, 6.45) is 0.180. The van der Waals surface area contributed by atoms with Gasteiger partial charge < -0.3 is 5.32 Å². The molecule has 13 heavy (non-hydrogen) atoms. The standard InChI is InChI=1S/C9H6N2O2/c10-5-7-2-1-3-8(4-7)11-9(13)6-12/h1-4,6H,(H,11,13). The van der Waals surface area contributed by atoms with E-state index in [4.69, 9.17) is 5.26 Å². The number of amides is 1. The SMILES string of the molecule is N#Cc1cccc(NC(=O)C=O)c1. The van der Waals surface area contributed by atoms with Crippen LogP contribution < -0.4 is 5.32 Å². The predicted octanol–water partition coefficient (Wildman–Crippen LogP) is 0.696. The number of benzene rings is 1. The highest BCUT2D eigenvalue weighted by molar-refractivity contribution is 6.29. The number of rotatable bonds is 2. The van der Waals surface area contributed by atoms with Gasteiger partial charge in [0.1, 0.15) is 0 Å². The van der Waals surface area contributed by atoms with Crippen molar-refractivity contribution >= 4 is 17.9 Å². The molecule has 0 spiro atoms. The van der Waals surface area contributed by atoms with Crippen LogP contribution in [0.1, 0.15) is 5.56 Å². The lowest BCUT2D eigenvalue weighted by molar-refractivity contribution is -0.127. The van der Waals surface area contributed by atoms with Crippen LogP contribution in [0.4, 0.5) is 5.69 Å². The number of aldehydes is 1. The molecule has 0 saturated carbocycles. The predicted molar refractivity (Wildman–Crippen MR) is 45.9 cm³/mol. The van der Waals surface area contributed by atoms with Crippen molar-refractivity contribution in [1.82, 2.24) is 0 Å². The smallest absolute Gasteiger partial charge is 0.288 e. The Bertz CT molecular complexity index is 379. The van der Waals surface area contributed by atoms with Gasteiger partial charge in [-0.1, -0.05) is 6.07 Å². The Morgan fingerprint density at radius 2 is 2.31 bits per heavy atom. The molecule has 64 valence electrons. The van der Waals surface area contributed by atoms with E-state index in [1.165, 1.54) is 6.07 Å². The van der Waals surface area contributed by atoms with Crippen molar-refractivity contribution in [3.8, 4) is 6.07 Å². The molecule has 4 heteroatoms. The zero-order valence-electron chi connectivity index (χ0n) is 6.65. The zero-order valence-corrected chi connectivity index (χ0v) is 6.65. The Hall–Kier alpha value is -2.15. The topological polar surface area (TPSA) is 70.0 Å². The van der Waals surface area contributed by atoms with Crippen LogP contribution in [0.3, 0.4) is 0 Å². The van der Waals surface area contributed by atoms with Crippen LogP contribution in [-0.2, 0) is 9.59 Å². The lowest BCUT2D eigenvalue weighted by atomic mass is 10.2. The van der Waals surface area contributed by atoms with Gasteiger partial charge in [0.15, 0.2) is 0 Å². The first-order valence-electron chi connectivity index (χ1n) is 3.52. The molecule has 0 saturated heterocycles. The van der Waals surface area contributed by atoms with E-state index in [1.54, 1.807) is 18.2 Å². The molecule has 1 rings (SSSR count). The third-order valence-corrected chi connectivity index (χ3v) is 1.37. The zero-order chi connectivity index (χ0) is 9.68. The summed E-state index contributed by atoms with van der Waals surface area (Å²) in [4.78, 5) is 20.6. The second-order valence-corrected chi connectivity index (χ2v) is 2.30. The summed E-state index contributed by atoms with van der Waals surface area (Å²) in [5, 5.41) is 10.8. The lowest BCUT2D eigenvalue weighted by Crippen LogP contribution is -2.11. The van der Waals surface area contributed by atoms with E-state index in [1.807, 2.05) is 6.07 Å². The van der Waals surface area contributed by atoms with Gasteiger partial charge in [0.25, 0.3) is 5.91 Å². The molecule has 0 radical (unpaired) electrons. The molecular formula is C9H6N2O2. The number of carbonyl (C=O) groups excluding carboxylic acids is 2. The fourth-order valence-electron chi connectivity index (χ4n) is 0.838. The number of nitrogens with zero attached hydrogens (tertiary/aromatic N) is 1. The van der Waals surface area contributed by atoms with E-state index in [2.05, 4.69) is 5.32 Å². The van der Waals surface area contributed by atoms with E-state index in [9.17, 15) is 9.59 Å². The Morgan fingerprint density at radius 3 is 2.92 bits per heavy atom. The summed E-state index contributed by atoms with van der Waals surface area (Å²) >= 11 is 0. The molecule has 1 amide bonds.